The van der Waals surface area contributed by atoms with Crippen molar-refractivity contribution in [2.75, 3.05) is 14.1 Å². The molecular formula is C14H20FIN6. The number of nitrogens with zero attached hydrogens (tertiary/aromatic N) is 5. The Kier molecular flexibility index (Phi) is 7.22. The van der Waals surface area contributed by atoms with E-state index < -0.39 is 0 Å². The number of benzene rings is 1. The monoisotopic (exact) mass is 418 g/mol. The molecule has 2 aromatic rings. The van der Waals surface area contributed by atoms with Crippen LogP contribution in [-0.2, 0) is 20.1 Å². The SMILES string of the molecule is CN=C(NCc1ncnn1C)N(C)Cc1ccc(F)cc1.I. The van der Waals surface area contributed by atoms with Crippen LogP contribution in [0.2, 0.25) is 0 Å². The second-order valence-electron chi connectivity index (χ2n) is 4.68. The van der Waals surface area contributed by atoms with Crippen molar-refractivity contribution in [3.05, 3.63) is 47.8 Å². The first-order valence-corrected chi connectivity index (χ1v) is 6.59. The molecule has 0 saturated heterocycles. The molecular weight excluding hydrogens is 398 g/mol. The van der Waals surface area contributed by atoms with Gasteiger partial charge in [-0.1, -0.05) is 12.1 Å². The minimum atomic E-state index is -0.230. The fourth-order valence-electron chi connectivity index (χ4n) is 1.96. The summed E-state index contributed by atoms with van der Waals surface area (Å²) in [5.74, 6) is 1.33. The standard InChI is InChI=1S/C14H19FN6.HI/c1-16-14(17-8-13-18-10-19-21(13)3)20(2)9-11-4-6-12(15)7-5-11;/h4-7,10H,8-9H2,1-3H3,(H,16,17);1H. The average molecular weight is 418 g/mol. The van der Waals surface area contributed by atoms with Gasteiger partial charge >= 0.3 is 0 Å². The van der Waals surface area contributed by atoms with Gasteiger partial charge in [0.05, 0.1) is 6.54 Å². The maximum absolute atomic E-state index is 12.9. The molecule has 0 bridgehead atoms. The van der Waals surface area contributed by atoms with E-state index in [0.717, 1.165) is 17.3 Å². The summed E-state index contributed by atoms with van der Waals surface area (Å²) in [5, 5.41) is 7.24. The molecule has 0 unspecified atom stereocenters. The van der Waals surface area contributed by atoms with Crippen LogP contribution in [0, 0.1) is 5.82 Å². The number of aliphatic imine (C=N–C) groups is 1. The van der Waals surface area contributed by atoms with Crippen molar-refractivity contribution < 1.29 is 4.39 Å². The van der Waals surface area contributed by atoms with Gasteiger partial charge in [0, 0.05) is 27.7 Å². The summed E-state index contributed by atoms with van der Waals surface area (Å²) in [7, 11) is 5.49. The fourth-order valence-corrected chi connectivity index (χ4v) is 1.96. The first-order valence-electron chi connectivity index (χ1n) is 6.59. The zero-order valence-corrected chi connectivity index (χ0v) is 15.2. The summed E-state index contributed by atoms with van der Waals surface area (Å²) in [5.41, 5.74) is 1.01. The Balaban J connectivity index is 0.00000242. The van der Waals surface area contributed by atoms with Crippen molar-refractivity contribution >= 4 is 29.9 Å². The number of rotatable bonds is 4. The van der Waals surface area contributed by atoms with Crippen molar-refractivity contribution in [3.8, 4) is 0 Å². The van der Waals surface area contributed by atoms with Crippen LogP contribution in [0.4, 0.5) is 4.39 Å². The van der Waals surface area contributed by atoms with Crippen LogP contribution in [-0.4, -0.2) is 39.7 Å². The quantitative estimate of drug-likeness (QED) is 0.468. The predicted molar refractivity (Wildman–Crippen MR) is 94.5 cm³/mol. The molecule has 0 aliphatic heterocycles. The van der Waals surface area contributed by atoms with Gasteiger partial charge in [-0.25, -0.2) is 9.37 Å². The van der Waals surface area contributed by atoms with Crippen molar-refractivity contribution in [1.29, 1.82) is 0 Å². The van der Waals surface area contributed by atoms with Crippen molar-refractivity contribution in [2.45, 2.75) is 13.1 Å². The van der Waals surface area contributed by atoms with Crippen LogP contribution in [0.3, 0.4) is 0 Å². The number of aromatic nitrogens is 3. The Bertz CT molecular complexity index is 610. The van der Waals surface area contributed by atoms with Gasteiger partial charge in [-0.3, -0.25) is 9.67 Å². The van der Waals surface area contributed by atoms with Crippen molar-refractivity contribution in [3.63, 3.8) is 0 Å². The molecule has 2 rings (SSSR count). The summed E-state index contributed by atoms with van der Waals surface area (Å²) in [6.45, 7) is 1.18. The van der Waals surface area contributed by atoms with Crippen LogP contribution < -0.4 is 5.32 Å². The molecule has 6 nitrogen and oxygen atoms in total. The van der Waals surface area contributed by atoms with E-state index in [-0.39, 0.29) is 29.8 Å². The van der Waals surface area contributed by atoms with E-state index in [1.165, 1.54) is 18.5 Å². The highest BCUT2D eigenvalue weighted by atomic mass is 127. The predicted octanol–water partition coefficient (Wildman–Crippen LogP) is 1.78. The van der Waals surface area contributed by atoms with Crippen LogP contribution in [0.5, 0.6) is 0 Å². The van der Waals surface area contributed by atoms with E-state index in [0.29, 0.717) is 13.1 Å². The highest BCUT2D eigenvalue weighted by Crippen LogP contribution is 2.05. The van der Waals surface area contributed by atoms with Gasteiger partial charge < -0.3 is 10.2 Å². The van der Waals surface area contributed by atoms with E-state index in [2.05, 4.69) is 20.4 Å². The molecule has 0 radical (unpaired) electrons. The smallest absolute Gasteiger partial charge is 0.194 e. The minimum absolute atomic E-state index is 0. The lowest BCUT2D eigenvalue weighted by Crippen LogP contribution is -2.38. The molecule has 0 aliphatic rings. The average Bonchev–Trinajstić information content (AvgIpc) is 2.88. The first-order chi connectivity index (χ1) is 10.1. The molecule has 22 heavy (non-hydrogen) atoms. The van der Waals surface area contributed by atoms with Gasteiger partial charge in [0.1, 0.15) is 18.0 Å². The molecule has 1 heterocycles. The number of aryl methyl sites for hydroxylation is 1. The number of guanidine groups is 1. The van der Waals surface area contributed by atoms with E-state index in [4.69, 9.17) is 0 Å². The van der Waals surface area contributed by atoms with Crippen LogP contribution >= 0.6 is 24.0 Å². The van der Waals surface area contributed by atoms with E-state index >= 15 is 0 Å². The lowest BCUT2D eigenvalue weighted by molar-refractivity contribution is 0.473. The van der Waals surface area contributed by atoms with Crippen molar-refractivity contribution in [1.82, 2.24) is 25.0 Å². The van der Waals surface area contributed by atoms with Gasteiger partial charge in [0.15, 0.2) is 5.96 Å². The maximum atomic E-state index is 12.9. The molecule has 0 spiro atoms. The highest BCUT2D eigenvalue weighted by Gasteiger charge is 2.08. The Morgan fingerprint density at radius 1 is 1.36 bits per heavy atom. The molecule has 8 heteroatoms. The Labute approximate surface area is 146 Å². The Hall–Kier alpha value is -1.71. The summed E-state index contributed by atoms with van der Waals surface area (Å²) in [6, 6.07) is 6.45. The highest BCUT2D eigenvalue weighted by molar-refractivity contribution is 14.0. The molecule has 120 valence electrons. The molecule has 1 aromatic carbocycles. The van der Waals surface area contributed by atoms with Gasteiger partial charge in [-0.2, -0.15) is 5.10 Å². The van der Waals surface area contributed by atoms with Gasteiger partial charge in [-0.15, -0.1) is 24.0 Å². The van der Waals surface area contributed by atoms with E-state index in [1.807, 2.05) is 19.0 Å². The molecule has 0 atom stereocenters. The van der Waals surface area contributed by atoms with E-state index in [1.54, 1.807) is 23.9 Å². The minimum Gasteiger partial charge on any atom is -0.349 e. The number of nitrogens with one attached hydrogen (secondary N) is 1. The maximum Gasteiger partial charge on any atom is 0.194 e. The second kappa shape index (κ2) is 8.66. The lowest BCUT2D eigenvalue weighted by Gasteiger charge is -2.22. The third kappa shape index (κ3) is 4.93. The zero-order valence-electron chi connectivity index (χ0n) is 12.8. The molecule has 0 aliphatic carbocycles. The summed E-state index contributed by atoms with van der Waals surface area (Å²) in [4.78, 5) is 10.3. The number of hydrogen-bond acceptors (Lipinski definition) is 3. The molecule has 1 N–H and O–H groups in total. The first kappa shape index (κ1) is 18.3. The molecule has 0 fully saturated rings. The zero-order chi connectivity index (χ0) is 15.2. The van der Waals surface area contributed by atoms with E-state index in [9.17, 15) is 4.39 Å². The third-order valence-corrected chi connectivity index (χ3v) is 3.12. The third-order valence-electron chi connectivity index (χ3n) is 3.12. The van der Waals surface area contributed by atoms with Crippen LogP contribution in [0.15, 0.2) is 35.6 Å². The lowest BCUT2D eigenvalue weighted by atomic mass is 10.2. The summed E-state index contributed by atoms with van der Waals surface area (Å²) < 4.78 is 14.6. The topological polar surface area (TPSA) is 58.3 Å². The summed E-state index contributed by atoms with van der Waals surface area (Å²) >= 11 is 0. The molecule has 0 amide bonds. The second-order valence-corrected chi connectivity index (χ2v) is 4.68. The van der Waals surface area contributed by atoms with Gasteiger partial charge in [0.25, 0.3) is 0 Å². The molecule has 0 saturated carbocycles. The summed E-state index contributed by atoms with van der Waals surface area (Å²) in [6.07, 6.45) is 1.52. The largest absolute Gasteiger partial charge is 0.349 e. The number of halogens is 2. The van der Waals surface area contributed by atoms with Crippen LogP contribution in [0.1, 0.15) is 11.4 Å². The fraction of sp³-hybridized carbons (Fsp3) is 0.357. The van der Waals surface area contributed by atoms with Gasteiger partial charge in [-0.05, 0) is 17.7 Å². The number of hydrogen-bond donors (Lipinski definition) is 1. The Morgan fingerprint density at radius 2 is 2.05 bits per heavy atom. The van der Waals surface area contributed by atoms with Gasteiger partial charge in [0.2, 0.25) is 0 Å². The normalized spacial score (nSPS) is 11.0. The van der Waals surface area contributed by atoms with Crippen LogP contribution in [0.25, 0.3) is 0 Å². The molecule has 1 aromatic heterocycles. The Morgan fingerprint density at radius 3 is 2.59 bits per heavy atom. The van der Waals surface area contributed by atoms with Crippen molar-refractivity contribution in [2.24, 2.45) is 12.0 Å².